The average molecular weight is 511 g/mol. The molecule has 1 heterocycles. The van der Waals surface area contributed by atoms with Crippen molar-refractivity contribution in [1.29, 1.82) is 0 Å². The van der Waals surface area contributed by atoms with Crippen molar-refractivity contribution in [2.45, 2.75) is 57.5 Å². The maximum Gasteiger partial charge on any atom is 0.326 e. The number of halogens is 1. The predicted molar refractivity (Wildman–Crippen MR) is 140 cm³/mol. The highest BCUT2D eigenvalue weighted by molar-refractivity contribution is 5.88. The highest BCUT2D eigenvalue weighted by atomic mass is 19.1. The number of hydrogen-bond acceptors (Lipinski definition) is 4. The topological polar surface area (TPSA) is 81.0 Å². The summed E-state index contributed by atoms with van der Waals surface area (Å²) in [6.07, 6.45) is 3.18. The lowest BCUT2D eigenvalue weighted by Gasteiger charge is -2.35. The van der Waals surface area contributed by atoms with Gasteiger partial charge in [-0.3, -0.25) is 4.79 Å². The molecule has 2 atom stereocenters. The zero-order valence-corrected chi connectivity index (χ0v) is 21.7. The maximum absolute atomic E-state index is 14.3. The number of ether oxygens (including phenoxy) is 2. The van der Waals surface area contributed by atoms with E-state index in [0.29, 0.717) is 51.7 Å². The third-order valence-corrected chi connectivity index (χ3v) is 7.42. The Bertz CT molecular complexity index is 1270. The molecular formula is C29H35FN2O5. The molecule has 0 radical (unpaired) electrons. The number of carboxylic acid groups (broad SMARTS) is 1. The number of aromatic nitrogens is 1. The first kappa shape index (κ1) is 26.7. The number of hydrogen-bond donors (Lipinski definition) is 1. The van der Waals surface area contributed by atoms with Gasteiger partial charge in [0.05, 0.1) is 13.7 Å². The lowest BCUT2D eigenvalue weighted by molar-refractivity contribution is -0.141. The number of benzene rings is 2. The van der Waals surface area contributed by atoms with E-state index in [1.165, 1.54) is 12.1 Å². The molecule has 1 amide bonds. The SMILES string of the molecule is CCC(C(=O)O)n1c2c(c3cc(F)ccc31)C[C@@H](N(CCOC)C(=O)CCc1ccccc1OC)CC2. The van der Waals surface area contributed by atoms with Gasteiger partial charge in [-0.05, 0) is 67.5 Å². The van der Waals surface area contributed by atoms with Crippen LogP contribution in [0.4, 0.5) is 4.39 Å². The molecule has 3 aromatic rings. The third-order valence-electron chi connectivity index (χ3n) is 7.42. The van der Waals surface area contributed by atoms with Gasteiger partial charge < -0.3 is 24.0 Å². The van der Waals surface area contributed by atoms with E-state index >= 15 is 0 Å². The predicted octanol–water partition coefficient (Wildman–Crippen LogP) is 4.79. The molecule has 2 aromatic carbocycles. The van der Waals surface area contributed by atoms with Crippen LogP contribution in [0.3, 0.4) is 0 Å². The highest BCUT2D eigenvalue weighted by Gasteiger charge is 2.33. The van der Waals surface area contributed by atoms with Crippen molar-refractivity contribution in [3.63, 3.8) is 0 Å². The Morgan fingerprint density at radius 3 is 2.70 bits per heavy atom. The molecule has 198 valence electrons. The van der Waals surface area contributed by atoms with Crippen molar-refractivity contribution in [3.05, 3.63) is 65.1 Å². The number of methoxy groups -OCH3 is 2. The fraction of sp³-hybridized carbons (Fsp3) is 0.448. The second-order valence-electron chi connectivity index (χ2n) is 9.51. The molecule has 1 N–H and O–H groups in total. The summed E-state index contributed by atoms with van der Waals surface area (Å²) in [5, 5.41) is 10.6. The molecule has 1 unspecified atom stereocenters. The molecule has 0 saturated carbocycles. The summed E-state index contributed by atoms with van der Waals surface area (Å²) in [5.74, 6) is -0.466. The third kappa shape index (κ3) is 5.49. The van der Waals surface area contributed by atoms with Crippen LogP contribution in [0, 0.1) is 5.82 Å². The molecule has 0 fully saturated rings. The van der Waals surface area contributed by atoms with Crippen molar-refractivity contribution in [2.75, 3.05) is 27.4 Å². The largest absolute Gasteiger partial charge is 0.496 e. The van der Waals surface area contributed by atoms with Gasteiger partial charge in [-0.25, -0.2) is 9.18 Å². The van der Waals surface area contributed by atoms with Gasteiger partial charge in [-0.2, -0.15) is 0 Å². The van der Waals surface area contributed by atoms with Gasteiger partial charge >= 0.3 is 5.97 Å². The lowest BCUT2D eigenvalue weighted by atomic mass is 9.89. The number of fused-ring (bicyclic) bond motifs is 3. The minimum absolute atomic E-state index is 0.0308. The van der Waals surface area contributed by atoms with Crippen LogP contribution in [-0.2, 0) is 33.6 Å². The van der Waals surface area contributed by atoms with Crippen LogP contribution in [0.5, 0.6) is 5.75 Å². The van der Waals surface area contributed by atoms with E-state index in [9.17, 15) is 19.1 Å². The highest BCUT2D eigenvalue weighted by Crippen LogP contribution is 2.37. The first-order chi connectivity index (χ1) is 17.9. The monoisotopic (exact) mass is 510 g/mol. The van der Waals surface area contributed by atoms with Gasteiger partial charge in [0.15, 0.2) is 0 Å². The van der Waals surface area contributed by atoms with Gasteiger partial charge in [0.2, 0.25) is 5.91 Å². The number of carbonyl (C=O) groups excluding carboxylic acids is 1. The average Bonchev–Trinajstić information content (AvgIpc) is 3.20. The second kappa shape index (κ2) is 11.8. The minimum Gasteiger partial charge on any atom is -0.496 e. The molecule has 1 aromatic heterocycles. The lowest BCUT2D eigenvalue weighted by Crippen LogP contribution is -2.45. The Morgan fingerprint density at radius 2 is 2.00 bits per heavy atom. The summed E-state index contributed by atoms with van der Waals surface area (Å²) < 4.78 is 26.9. The van der Waals surface area contributed by atoms with E-state index in [2.05, 4.69) is 0 Å². The van der Waals surface area contributed by atoms with E-state index in [1.54, 1.807) is 20.3 Å². The summed E-state index contributed by atoms with van der Waals surface area (Å²) >= 11 is 0. The number of rotatable bonds is 11. The first-order valence-electron chi connectivity index (χ1n) is 12.8. The van der Waals surface area contributed by atoms with E-state index in [1.807, 2.05) is 40.7 Å². The van der Waals surface area contributed by atoms with Crippen molar-refractivity contribution >= 4 is 22.8 Å². The number of nitrogens with zero attached hydrogens (tertiary/aromatic N) is 2. The van der Waals surface area contributed by atoms with Crippen LogP contribution < -0.4 is 4.74 Å². The van der Waals surface area contributed by atoms with Gasteiger partial charge in [0.25, 0.3) is 0 Å². The Morgan fingerprint density at radius 1 is 1.22 bits per heavy atom. The van der Waals surface area contributed by atoms with E-state index in [0.717, 1.165) is 33.5 Å². The normalized spacial score (nSPS) is 15.8. The number of carbonyl (C=O) groups is 2. The molecule has 8 heteroatoms. The molecule has 0 saturated heterocycles. The summed E-state index contributed by atoms with van der Waals surface area (Å²) in [6.45, 7) is 2.72. The van der Waals surface area contributed by atoms with Crippen molar-refractivity contribution in [3.8, 4) is 5.75 Å². The molecule has 4 rings (SSSR count). The molecule has 1 aliphatic rings. The van der Waals surface area contributed by atoms with Crippen molar-refractivity contribution in [2.24, 2.45) is 0 Å². The second-order valence-corrected chi connectivity index (χ2v) is 9.51. The number of aliphatic carboxylic acids is 1. The first-order valence-corrected chi connectivity index (χ1v) is 12.8. The molecule has 0 aliphatic heterocycles. The smallest absolute Gasteiger partial charge is 0.326 e. The van der Waals surface area contributed by atoms with Crippen LogP contribution >= 0.6 is 0 Å². The van der Waals surface area contributed by atoms with E-state index < -0.39 is 12.0 Å². The van der Waals surface area contributed by atoms with Gasteiger partial charge in [0, 0.05) is 42.7 Å². The Labute approximate surface area is 216 Å². The van der Waals surface area contributed by atoms with Gasteiger partial charge in [-0.15, -0.1) is 0 Å². The van der Waals surface area contributed by atoms with Crippen LogP contribution in [0.25, 0.3) is 10.9 Å². The van der Waals surface area contributed by atoms with E-state index in [-0.39, 0.29) is 17.8 Å². The zero-order chi connectivity index (χ0) is 26.5. The van der Waals surface area contributed by atoms with Crippen LogP contribution in [0.15, 0.2) is 42.5 Å². The summed E-state index contributed by atoms with van der Waals surface area (Å²) in [6, 6.07) is 11.4. The summed E-state index contributed by atoms with van der Waals surface area (Å²) in [5.41, 5.74) is 3.57. The number of para-hydroxylation sites is 1. The molecule has 1 aliphatic carbocycles. The Hall–Kier alpha value is -3.39. The number of carboxylic acids is 1. The van der Waals surface area contributed by atoms with Crippen molar-refractivity contribution in [1.82, 2.24) is 9.47 Å². The summed E-state index contributed by atoms with van der Waals surface area (Å²) in [7, 11) is 3.24. The number of aryl methyl sites for hydroxylation is 1. The van der Waals surface area contributed by atoms with Crippen molar-refractivity contribution < 1.29 is 28.6 Å². The van der Waals surface area contributed by atoms with Crippen LogP contribution in [0.2, 0.25) is 0 Å². The molecule has 0 spiro atoms. The van der Waals surface area contributed by atoms with Gasteiger partial charge in [0.1, 0.15) is 17.6 Å². The maximum atomic E-state index is 14.3. The molecule has 0 bridgehead atoms. The molecular weight excluding hydrogens is 475 g/mol. The van der Waals surface area contributed by atoms with Gasteiger partial charge in [-0.1, -0.05) is 25.1 Å². The fourth-order valence-corrected chi connectivity index (χ4v) is 5.63. The fourth-order valence-electron chi connectivity index (χ4n) is 5.63. The van der Waals surface area contributed by atoms with E-state index in [4.69, 9.17) is 9.47 Å². The quantitative estimate of drug-likeness (QED) is 0.401. The van der Waals surface area contributed by atoms with Crippen LogP contribution in [-0.4, -0.2) is 59.9 Å². The Balaban J connectivity index is 1.64. The zero-order valence-electron chi connectivity index (χ0n) is 21.7. The summed E-state index contributed by atoms with van der Waals surface area (Å²) in [4.78, 5) is 27.4. The minimum atomic E-state index is -0.901. The molecule has 7 nitrogen and oxygen atoms in total. The standard InChI is InChI=1S/C29H35FN2O5/c1-4-24(29(34)35)32-25-12-10-20(30)17-22(25)23-18-21(11-13-26(23)32)31(15-16-36-2)28(33)14-9-19-7-5-6-8-27(19)37-3/h5-8,10,12,17,21,24H,4,9,11,13-16,18H2,1-3H3,(H,34,35)/t21-,24?/m0/s1. The number of amides is 1. The molecule has 37 heavy (non-hydrogen) atoms. The Kier molecular flexibility index (Phi) is 8.48. The van der Waals surface area contributed by atoms with Crippen LogP contribution in [0.1, 0.15) is 49.0 Å².